The van der Waals surface area contributed by atoms with Crippen LogP contribution in [-0.2, 0) is 4.79 Å². The molecule has 0 aromatic heterocycles. The third-order valence-electron chi connectivity index (χ3n) is 4.36. The molecule has 1 aliphatic rings. The molecule has 24 heavy (non-hydrogen) atoms. The summed E-state index contributed by atoms with van der Waals surface area (Å²) in [6.07, 6.45) is 0. The van der Waals surface area contributed by atoms with Gasteiger partial charge in [0.25, 0.3) is 5.91 Å². The Morgan fingerprint density at radius 3 is 2.29 bits per heavy atom. The van der Waals surface area contributed by atoms with Crippen LogP contribution in [0.3, 0.4) is 0 Å². The van der Waals surface area contributed by atoms with E-state index in [0.717, 1.165) is 5.56 Å². The zero-order valence-corrected chi connectivity index (χ0v) is 13.5. The van der Waals surface area contributed by atoms with E-state index in [1.54, 1.807) is 16.7 Å². The van der Waals surface area contributed by atoms with Crippen molar-refractivity contribution in [1.29, 1.82) is 0 Å². The molecular formula is C19H19FN2O2. The Morgan fingerprint density at radius 1 is 1.00 bits per heavy atom. The van der Waals surface area contributed by atoms with Crippen LogP contribution in [0.15, 0.2) is 54.6 Å². The number of carbonyl (C=O) groups excluding carboxylic acids is 2. The number of nitrogens with zero attached hydrogens (tertiary/aromatic N) is 2. The molecule has 1 atom stereocenters. The molecule has 124 valence electrons. The second-order valence-electron chi connectivity index (χ2n) is 5.90. The highest BCUT2D eigenvalue weighted by Crippen LogP contribution is 2.27. The van der Waals surface area contributed by atoms with E-state index < -0.39 is 0 Å². The molecule has 5 heteroatoms. The first kappa shape index (κ1) is 16.2. The van der Waals surface area contributed by atoms with E-state index in [4.69, 9.17) is 0 Å². The van der Waals surface area contributed by atoms with E-state index in [1.165, 1.54) is 24.3 Å². The number of hydrogen-bond acceptors (Lipinski definition) is 2. The van der Waals surface area contributed by atoms with Gasteiger partial charge in [0.05, 0.1) is 6.04 Å². The lowest BCUT2D eigenvalue weighted by molar-refractivity contribution is -0.131. The summed E-state index contributed by atoms with van der Waals surface area (Å²) in [5, 5.41) is 0. The number of carbonyl (C=O) groups is 2. The van der Waals surface area contributed by atoms with E-state index in [1.807, 2.05) is 30.3 Å². The summed E-state index contributed by atoms with van der Waals surface area (Å²) < 4.78 is 13.1. The molecule has 0 aliphatic carbocycles. The number of benzene rings is 2. The van der Waals surface area contributed by atoms with Gasteiger partial charge in [-0.1, -0.05) is 30.3 Å². The summed E-state index contributed by atoms with van der Waals surface area (Å²) >= 11 is 0. The molecule has 2 amide bonds. The van der Waals surface area contributed by atoms with E-state index in [9.17, 15) is 14.0 Å². The zero-order chi connectivity index (χ0) is 17.1. The number of halogens is 1. The number of piperazine rings is 1. The van der Waals surface area contributed by atoms with Gasteiger partial charge in [-0.2, -0.15) is 0 Å². The first-order valence-corrected chi connectivity index (χ1v) is 7.93. The van der Waals surface area contributed by atoms with Gasteiger partial charge in [-0.05, 0) is 29.8 Å². The van der Waals surface area contributed by atoms with Crippen LogP contribution >= 0.6 is 0 Å². The third kappa shape index (κ3) is 3.30. The van der Waals surface area contributed by atoms with Crippen LogP contribution in [0.25, 0.3) is 0 Å². The molecule has 0 saturated carbocycles. The summed E-state index contributed by atoms with van der Waals surface area (Å²) in [4.78, 5) is 28.1. The molecule has 0 N–H and O–H groups in total. The van der Waals surface area contributed by atoms with Gasteiger partial charge in [0, 0.05) is 32.1 Å². The lowest BCUT2D eigenvalue weighted by Gasteiger charge is -2.41. The molecule has 3 rings (SSSR count). The van der Waals surface area contributed by atoms with Gasteiger partial charge in [0.1, 0.15) is 5.82 Å². The monoisotopic (exact) mass is 326 g/mol. The van der Waals surface area contributed by atoms with E-state index in [2.05, 4.69) is 0 Å². The standard InChI is InChI=1S/C19H19FN2O2/c1-14(23)21-11-12-22(18(13-21)15-5-3-2-4-6-15)19(24)16-7-9-17(20)10-8-16/h2-10,18H,11-13H2,1H3/t18-/m1/s1. The Kier molecular flexibility index (Phi) is 4.60. The van der Waals surface area contributed by atoms with Crippen molar-refractivity contribution < 1.29 is 14.0 Å². The number of rotatable bonds is 2. The summed E-state index contributed by atoms with van der Waals surface area (Å²) in [6, 6.07) is 15.0. The second kappa shape index (κ2) is 6.83. The lowest BCUT2D eigenvalue weighted by Crippen LogP contribution is -2.51. The molecule has 2 aromatic rings. The highest BCUT2D eigenvalue weighted by molar-refractivity contribution is 5.94. The minimum atomic E-state index is -0.368. The maximum atomic E-state index is 13.1. The van der Waals surface area contributed by atoms with Gasteiger partial charge in [-0.15, -0.1) is 0 Å². The zero-order valence-electron chi connectivity index (χ0n) is 13.5. The van der Waals surface area contributed by atoms with Crippen LogP contribution in [0.4, 0.5) is 4.39 Å². The number of hydrogen-bond donors (Lipinski definition) is 0. The van der Waals surface area contributed by atoms with Crippen molar-refractivity contribution in [3.63, 3.8) is 0 Å². The van der Waals surface area contributed by atoms with Gasteiger partial charge in [-0.25, -0.2) is 4.39 Å². The predicted molar refractivity (Wildman–Crippen MR) is 88.9 cm³/mol. The topological polar surface area (TPSA) is 40.6 Å². The van der Waals surface area contributed by atoms with Crippen molar-refractivity contribution in [3.8, 4) is 0 Å². The van der Waals surface area contributed by atoms with E-state index in [-0.39, 0.29) is 23.7 Å². The average molecular weight is 326 g/mol. The Bertz CT molecular complexity index is 731. The van der Waals surface area contributed by atoms with Gasteiger partial charge >= 0.3 is 0 Å². The highest BCUT2D eigenvalue weighted by Gasteiger charge is 2.32. The normalized spacial score (nSPS) is 17.7. The van der Waals surface area contributed by atoms with Crippen molar-refractivity contribution >= 4 is 11.8 Å². The average Bonchev–Trinajstić information content (AvgIpc) is 2.62. The quantitative estimate of drug-likeness (QED) is 0.851. The van der Waals surface area contributed by atoms with E-state index in [0.29, 0.717) is 25.2 Å². The molecule has 4 nitrogen and oxygen atoms in total. The van der Waals surface area contributed by atoms with Crippen LogP contribution in [0.5, 0.6) is 0 Å². The predicted octanol–water partition coefficient (Wildman–Crippen LogP) is 2.87. The highest BCUT2D eigenvalue weighted by atomic mass is 19.1. The molecule has 1 saturated heterocycles. The largest absolute Gasteiger partial charge is 0.339 e. The third-order valence-corrected chi connectivity index (χ3v) is 4.36. The molecule has 0 unspecified atom stereocenters. The second-order valence-corrected chi connectivity index (χ2v) is 5.90. The van der Waals surface area contributed by atoms with Crippen LogP contribution in [0.2, 0.25) is 0 Å². The Balaban J connectivity index is 1.90. The smallest absolute Gasteiger partial charge is 0.254 e. The Labute approximate surface area is 140 Å². The maximum Gasteiger partial charge on any atom is 0.254 e. The molecule has 1 heterocycles. The van der Waals surface area contributed by atoms with Crippen LogP contribution in [0.1, 0.15) is 28.9 Å². The van der Waals surface area contributed by atoms with Gasteiger partial charge in [-0.3, -0.25) is 9.59 Å². The van der Waals surface area contributed by atoms with Crippen LogP contribution < -0.4 is 0 Å². The van der Waals surface area contributed by atoms with E-state index >= 15 is 0 Å². The van der Waals surface area contributed by atoms with Crippen molar-refractivity contribution in [2.45, 2.75) is 13.0 Å². The van der Waals surface area contributed by atoms with Crippen molar-refractivity contribution in [2.75, 3.05) is 19.6 Å². The summed E-state index contributed by atoms with van der Waals surface area (Å²) in [7, 11) is 0. The summed E-state index contributed by atoms with van der Waals surface area (Å²) in [5.74, 6) is -0.510. The minimum absolute atomic E-state index is 0.00446. The van der Waals surface area contributed by atoms with Gasteiger partial charge in [0.2, 0.25) is 5.91 Å². The SMILES string of the molecule is CC(=O)N1CCN(C(=O)c2ccc(F)cc2)[C@@H](c2ccccc2)C1. The first-order valence-electron chi connectivity index (χ1n) is 7.93. The molecule has 0 radical (unpaired) electrons. The van der Waals surface area contributed by atoms with Crippen molar-refractivity contribution in [1.82, 2.24) is 9.80 Å². The van der Waals surface area contributed by atoms with Crippen LogP contribution in [0, 0.1) is 5.82 Å². The number of amides is 2. The molecule has 0 spiro atoms. The molecule has 0 bridgehead atoms. The molecule has 1 fully saturated rings. The van der Waals surface area contributed by atoms with Gasteiger partial charge < -0.3 is 9.80 Å². The fourth-order valence-electron chi connectivity index (χ4n) is 3.03. The summed E-state index contributed by atoms with van der Waals surface area (Å²) in [5.41, 5.74) is 1.44. The van der Waals surface area contributed by atoms with Crippen LogP contribution in [-0.4, -0.2) is 41.2 Å². The fraction of sp³-hybridized carbons (Fsp3) is 0.263. The lowest BCUT2D eigenvalue weighted by atomic mass is 10.0. The molecular weight excluding hydrogens is 307 g/mol. The fourth-order valence-corrected chi connectivity index (χ4v) is 3.03. The van der Waals surface area contributed by atoms with Crippen molar-refractivity contribution in [3.05, 3.63) is 71.5 Å². The Hall–Kier alpha value is -2.69. The molecule has 2 aromatic carbocycles. The summed E-state index contributed by atoms with van der Waals surface area (Å²) in [6.45, 7) is 2.97. The Morgan fingerprint density at radius 2 is 1.67 bits per heavy atom. The maximum absolute atomic E-state index is 13.1. The van der Waals surface area contributed by atoms with Crippen molar-refractivity contribution in [2.24, 2.45) is 0 Å². The first-order chi connectivity index (χ1) is 11.6. The minimum Gasteiger partial charge on any atom is -0.339 e. The van der Waals surface area contributed by atoms with Gasteiger partial charge in [0.15, 0.2) is 0 Å². The molecule has 1 aliphatic heterocycles.